The normalized spacial score (nSPS) is 18.4. The van der Waals surface area contributed by atoms with Gasteiger partial charge in [0, 0.05) is 12.1 Å². The highest BCUT2D eigenvalue weighted by atomic mass is 35.5. The Kier molecular flexibility index (Phi) is 5.99. The fourth-order valence-corrected chi connectivity index (χ4v) is 3.56. The Morgan fingerprint density at radius 1 is 1.36 bits per heavy atom. The number of carbonyl (C=O) groups is 2. The number of benzene rings is 1. The smallest absolute Gasteiger partial charge is 0.417 e. The largest absolute Gasteiger partial charge is 0.467 e. The lowest BCUT2D eigenvalue weighted by Gasteiger charge is -2.12. The first-order valence-corrected chi connectivity index (χ1v) is 9.19. The highest BCUT2D eigenvalue weighted by molar-refractivity contribution is 8.15. The van der Waals surface area contributed by atoms with E-state index in [4.69, 9.17) is 16.0 Å². The Hall–Kier alpha value is -2.46. The standard InChI is InChI=1S/C17H13ClF3N3O3S/c18-12-4-3-9(6-11(12)17(19,20)21)23-14(25)7-13-15(26)24-16(28-13)22-8-10-2-1-5-27-10/h1-6,13H,7-8H2,(H,23,25)(H,22,24,26)/t13-/m0/s1. The maximum Gasteiger partial charge on any atom is 0.417 e. The molecule has 0 bridgehead atoms. The molecule has 6 nitrogen and oxygen atoms in total. The minimum absolute atomic E-state index is 0.0585. The molecule has 2 amide bonds. The zero-order valence-corrected chi connectivity index (χ0v) is 15.6. The number of amidine groups is 1. The minimum Gasteiger partial charge on any atom is -0.467 e. The van der Waals surface area contributed by atoms with Gasteiger partial charge in [0.25, 0.3) is 0 Å². The Balaban J connectivity index is 1.59. The molecule has 0 unspecified atom stereocenters. The van der Waals surface area contributed by atoms with Gasteiger partial charge in [-0.3, -0.25) is 14.6 Å². The summed E-state index contributed by atoms with van der Waals surface area (Å²) in [6.07, 6.45) is -3.36. The molecule has 1 aliphatic rings. The molecule has 11 heteroatoms. The number of halogens is 4. The number of nitrogens with zero attached hydrogens (tertiary/aromatic N) is 1. The van der Waals surface area contributed by atoms with Gasteiger partial charge in [0.1, 0.15) is 11.0 Å². The number of furan rings is 1. The molecular weight excluding hydrogens is 419 g/mol. The zero-order valence-electron chi connectivity index (χ0n) is 14.0. The summed E-state index contributed by atoms with van der Waals surface area (Å²) in [5, 5.41) is 4.07. The molecule has 1 aromatic heterocycles. The van der Waals surface area contributed by atoms with Crippen LogP contribution in [-0.4, -0.2) is 22.2 Å². The molecule has 148 valence electrons. The van der Waals surface area contributed by atoms with E-state index in [0.717, 1.165) is 23.9 Å². The molecule has 2 heterocycles. The van der Waals surface area contributed by atoms with Gasteiger partial charge < -0.3 is 15.1 Å². The lowest BCUT2D eigenvalue weighted by Crippen LogP contribution is -2.28. The van der Waals surface area contributed by atoms with Crippen molar-refractivity contribution in [2.75, 3.05) is 5.32 Å². The van der Waals surface area contributed by atoms with Crippen LogP contribution in [0.2, 0.25) is 5.02 Å². The molecule has 0 aliphatic carbocycles. The Labute approximate surface area is 166 Å². The van der Waals surface area contributed by atoms with E-state index in [-0.39, 0.29) is 18.7 Å². The molecule has 28 heavy (non-hydrogen) atoms. The predicted octanol–water partition coefficient (Wildman–Crippen LogP) is 4.07. The van der Waals surface area contributed by atoms with Crippen molar-refractivity contribution >= 4 is 46.0 Å². The topological polar surface area (TPSA) is 83.7 Å². The first-order chi connectivity index (χ1) is 13.2. The molecule has 1 fully saturated rings. The lowest BCUT2D eigenvalue weighted by molar-refractivity contribution is -0.137. The van der Waals surface area contributed by atoms with E-state index in [2.05, 4.69) is 15.6 Å². The van der Waals surface area contributed by atoms with E-state index in [1.165, 1.54) is 12.3 Å². The second-order valence-electron chi connectivity index (χ2n) is 5.74. The van der Waals surface area contributed by atoms with Crippen molar-refractivity contribution in [1.29, 1.82) is 0 Å². The van der Waals surface area contributed by atoms with Crippen LogP contribution in [0.1, 0.15) is 17.7 Å². The lowest BCUT2D eigenvalue weighted by atomic mass is 10.2. The van der Waals surface area contributed by atoms with Gasteiger partial charge in [0.15, 0.2) is 5.17 Å². The SMILES string of the molecule is O=C(C[C@@H]1SC(=NCc2ccco2)NC1=O)Nc1ccc(Cl)c(C(F)(F)F)c1. The average molecular weight is 432 g/mol. The maximum absolute atomic E-state index is 12.9. The van der Waals surface area contributed by atoms with Crippen LogP contribution < -0.4 is 10.6 Å². The van der Waals surface area contributed by atoms with Gasteiger partial charge in [-0.1, -0.05) is 23.4 Å². The van der Waals surface area contributed by atoms with Crippen LogP contribution in [0.25, 0.3) is 0 Å². The highest BCUT2D eigenvalue weighted by Gasteiger charge is 2.34. The summed E-state index contributed by atoms with van der Waals surface area (Å²) in [5.41, 5.74) is -1.11. The number of hydrogen-bond donors (Lipinski definition) is 2. The predicted molar refractivity (Wildman–Crippen MR) is 99.1 cm³/mol. The van der Waals surface area contributed by atoms with Crippen molar-refractivity contribution in [2.45, 2.75) is 24.4 Å². The fraction of sp³-hybridized carbons (Fsp3) is 0.235. The van der Waals surface area contributed by atoms with E-state index < -0.39 is 33.8 Å². The molecule has 2 aromatic rings. The zero-order chi connectivity index (χ0) is 20.3. The van der Waals surface area contributed by atoms with E-state index in [1.54, 1.807) is 12.1 Å². The van der Waals surface area contributed by atoms with Crippen molar-refractivity contribution in [3.05, 3.63) is 52.9 Å². The summed E-state index contributed by atoms with van der Waals surface area (Å²) in [6.45, 7) is 0.236. The van der Waals surface area contributed by atoms with E-state index in [0.29, 0.717) is 10.9 Å². The first-order valence-electron chi connectivity index (χ1n) is 7.93. The summed E-state index contributed by atoms with van der Waals surface area (Å²) in [6, 6.07) is 6.50. The van der Waals surface area contributed by atoms with Crippen molar-refractivity contribution in [3.63, 3.8) is 0 Å². The number of hydrogen-bond acceptors (Lipinski definition) is 5. The molecule has 0 saturated carbocycles. The molecule has 2 N–H and O–H groups in total. The fourth-order valence-electron chi connectivity index (χ4n) is 2.37. The Morgan fingerprint density at radius 2 is 2.14 bits per heavy atom. The van der Waals surface area contributed by atoms with Gasteiger partial charge in [-0.2, -0.15) is 13.2 Å². The Morgan fingerprint density at radius 3 is 2.82 bits per heavy atom. The number of amides is 2. The third kappa shape index (κ3) is 5.08. The summed E-state index contributed by atoms with van der Waals surface area (Å²) < 4.78 is 43.8. The number of nitrogens with one attached hydrogen (secondary N) is 2. The van der Waals surface area contributed by atoms with Crippen molar-refractivity contribution in [2.24, 2.45) is 4.99 Å². The number of rotatable bonds is 5. The third-order valence-corrected chi connectivity index (χ3v) is 5.11. The van der Waals surface area contributed by atoms with E-state index in [9.17, 15) is 22.8 Å². The van der Waals surface area contributed by atoms with Crippen molar-refractivity contribution in [3.8, 4) is 0 Å². The van der Waals surface area contributed by atoms with Gasteiger partial charge in [-0.15, -0.1) is 0 Å². The monoisotopic (exact) mass is 431 g/mol. The number of thioether (sulfide) groups is 1. The van der Waals surface area contributed by atoms with Gasteiger partial charge >= 0.3 is 6.18 Å². The van der Waals surface area contributed by atoms with Crippen LogP contribution in [0.15, 0.2) is 46.0 Å². The number of carbonyl (C=O) groups excluding carboxylic acids is 2. The number of alkyl halides is 3. The Bertz CT molecular complexity index is 916. The maximum atomic E-state index is 12.9. The van der Waals surface area contributed by atoms with Crippen LogP contribution in [0, 0.1) is 0 Å². The molecule has 1 aromatic carbocycles. The van der Waals surface area contributed by atoms with Crippen LogP contribution in [-0.2, 0) is 22.3 Å². The average Bonchev–Trinajstić information content (AvgIpc) is 3.24. The summed E-state index contributed by atoms with van der Waals surface area (Å²) in [7, 11) is 0. The number of aliphatic imine (C=N–C) groups is 1. The minimum atomic E-state index is -4.64. The van der Waals surface area contributed by atoms with Gasteiger partial charge in [0.2, 0.25) is 11.8 Å². The molecule has 0 spiro atoms. The van der Waals surface area contributed by atoms with Crippen molar-refractivity contribution < 1.29 is 27.2 Å². The molecular formula is C17H13ClF3N3O3S. The van der Waals surface area contributed by atoms with Gasteiger partial charge in [-0.25, -0.2) is 0 Å². The summed E-state index contributed by atoms with van der Waals surface area (Å²) in [4.78, 5) is 28.3. The summed E-state index contributed by atoms with van der Waals surface area (Å²) >= 11 is 6.62. The second-order valence-corrected chi connectivity index (χ2v) is 7.34. The van der Waals surface area contributed by atoms with Gasteiger partial charge in [0.05, 0.1) is 23.4 Å². The highest BCUT2D eigenvalue weighted by Crippen LogP contribution is 2.36. The van der Waals surface area contributed by atoms with Gasteiger partial charge in [-0.05, 0) is 30.3 Å². The van der Waals surface area contributed by atoms with Crippen LogP contribution in [0.3, 0.4) is 0 Å². The van der Waals surface area contributed by atoms with Crippen molar-refractivity contribution in [1.82, 2.24) is 5.32 Å². The van der Waals surface area contributed by atoms with E-state index in [1.807, 2.05) is 0 Å². The number of anilines is 1. The molecule has 1 atom stereocenters. The first kappa shape index (κ1) is 20.3. The van der Waals surface area contributed by atoms with E-state index >= 15 is 0 Å². The summed E-state index contributed by atoms with van der Waals surface area (Å²) in [5.74, 6) is -0.382. The molecule has 1 aliphatic heterocycles. The molecule has 0 radical (unpaired) electrons. The second kappa shape index (κ2) is 8.27. The third-order valence-electron chi connectivity index (χ3n) is 3.66. The molecule has 1 saturated heterocycles. The quantitative estimate of drug-likeness (QED) is 0.747. The van der Waals surface area contributed by atoms with Crippen LogP contribution >= 0.6 is 23.4 Å². The van der Waals surface area contributed by atoms with Crippen LogP contribution in [0.5, 0.6) is 0 Å². The molecule has 3 rings (SSSR count). The van der Waals surface area contributed by atoms with Crippen LogP contribution in [0.4, 0.5) is 18.9 Å².